The van der Waals surface area contributed by atoms with Crippen molar-refractivity contribution in [3.8, 4) is 5.75 Å². The highest BCUT2D eigenvalue weighted by molar-refractivity contribution is 5.97. The van der Waals surface area contributed by atoms with Gasteiger partial charge in [0.05, 0.1) is 12.2 Å². The first-order chi connectivity index (χ1) is 8.74. The van der Waals surface area contributed by atoms with Gasteiger partial charge in [0.1, 0.15) is 5.75 Å². The van der Waals surface area contributed by atoms with E-state index in [2.05, 4.69) is 0 Å². The van der Waals surface area contributed by atoms with Crippen LogP contribution in [0.3, 0.4) is 0 Å². The zero-order chi connectivity index (χ0) is 13.0. The van der Waals surface area contributed by atoms with E-state index in [0.717, 1.165) is 31.2 Å². The summed E-state index contributed by atoms with van der Waals surface area (Å²) in [6.07, 6.45) is 3.83. The molecule has 1 amide bonds. The van der Waals surface area contributed by atoms with Gasteiger partial charge in [0.2, 0.25) is 0 Å². The molecule has 18 heavy (non-hydrogen) atoms. The predicted molar refractivity (Wildman–Crippen MR) is 69.0 cm³/mol. The lowest BCUT2D eigenvalue weighted by Gasteiger charge is -2.13. The fraction of sp³-hybridized carbons (Fsp3) is 0.500. The molecule has 0 saturated heterocycles. The molecule has 1 aliphatic rings. The maximum absolute atomic E-state index is 11.6. The second-order valence-electron chi connectivity index (χ2n) is 4.49. The Morgan fingerprint density at radius 3 is 2.89 bits per heavy atom. The number of amides is 1. The van der Waals surface area contributed by atoms with Crippen molar-refractivity contribution in [3.63, 3.8) is 0 Å². The Kier molecular flexibility index (Phi) is 4.20. The number of fused-ring (bicyclic) bond motifs is 1. The average Bonchev–Trinajstić information content (AvgIpc) is 2.81. The molecule has 0 unspecified atom stereocenters. The molecule has 98 valence electrons. The highest BCUT2D eigenvalue weighted by atomic mass is 16.5. The molecular weight excluding hydrogens is 230 g/mol. The van der Waals surface area contributed by atoms with Gasteiger partial charge >= 0.3 is 0 Å². The Balaban J connectivity index is 2.17. The van der Waals surface area contributed by atoms with Gasteiger partial charge < -0.3 is 15.2 Å². The number of carbonyl (C=O) groups excluding carboxylic acids is 1. The molecule has 1 aromatic rings. The SMILES string of the molecule is COCCCOc1ccc2c(c1C(N)=O)CCC2. The van der Waals surface area contributed by atoms with Crippen molar-refractivity contribution in [2.45, 2.75) is 25.7 Å². The summed E-state index contributed by atoms with van der Waals surface area (Å²) in [5.41, 5.74) is 8.35. The van der Waals surface area contributed by atoms with Crippen molar-refractivity contribution < 1.29 is 14.3 Å². The number of rotatable bonds is 6. The molecule has 0 fully saturated rings. The fourth-order valence-corrected chi connectivity index (χ4v) is 2.42. The van der Waals surface area contributed by atoms with Crippen LogP contribution in [0.2, 0.25) is 0 Å². The van der Waals surface area contributed by atoms with Gasteiger partial charge in [0.15, 0.2) is 0 Å². The van der Waals surface area contributed by atoms with E-state index in [1.807, 2.05) is 12.1 Å². The lowest BCUT2D eigenvalue weighted by atomic mass is 10.0. The number of benzene rings is 1. The second-order valence-corrected chi connectivity index (χ2v) is 4.49. The molecule has 4 nitrogen and oxygen atoms in total. The van der Waals surface area contributed by atoms with E-state index in [4.69, 9.17) is 15.2 Å². The lowest BCUT2D eigenvalue weighted by molar-refractivity contribution is 0.0994. The van der Waals surface area contributed by atoms with E-state index in [9.17, 15) is 4.79 Å². The minimum absolute atomic E-state index is 0.393. The molecule has 4 heteroatoms. The van der Waals surface area contributed by atoms with Crippen LogP contribution in [0.15, 0.2) is 12.1 Å². The lowest BCUT2D eigenvalue weighted by Crippen LogP contribution is -2.16. The van der Waals surface area contributed by atoms with Crippen LogP contribution >= 0.6 is 0 Å². The summed E-state index contributed by atoms with van der Waals surface area (Å²) in [5.74, 6) is 0.217. The fourth-order valence-electron chi connectivity index (χ4n) is 2.42. The largest absolute Gasteiger partial charge is 0.493 e. The Morgan fingerprint density at radius 1 is 1.33 bits per heavy atom. The maximum Gasteiger partial charge on any atom is 0.252 e. The number of nitrogens with two attached hydrogens (primary N) is 1. The van der Waals surface area contributed by atoms with Crippen LogP contribution in [0, 0.1) is 0 Å². The summed E-state index contributed by atoms with van der Waals surface area (Å²) in [7, 11) is 1.66. The molecule has 0 heterocycles. The minimum Gasteiger partial charge on any atom is -0.493 e. The Morgan fingerprint density at radius 2 is 2.17 bits per heavy atom. The molecular formula is C14H19NO3. The molecule has 1 aromatic carbocycles. The van der Waals surface area contributed by atoms with E-state index in [1.54, 1.807) is 7.11 Å². The van der Waals surface area contributed by atoms with Gasteiger partial charge in [-0.3, -0.25) is 4.79 Å². The van der Waals surface area contributed by atoms with Crippen LogP contribution in [-0.2, 0) is 17.6 Å². The van der Waals surface area contributed by atoms with E-state index in [-0.39, 0.29) is 0 Å². The molecule has 0 bridgehead atoms. The van der Waals surface area contributed by atoms with Crippen LogP contribution < -0.4 is 10.5 Å². The standard InChI is InChI=1S/C14H19NO3/c1-17-8-3-9-18-12-7-6-10-4-2-5-11(10)13(12)14(15)16/h6-7H,2-5,8-9H2,1H3,(H2,15,16). The molecule has 0 aromatic heterocycles. The number of hydrogen-bond acceptors (Lipinski definition) is 3. The summed E-state index contributed by atoms with van der Waals surface area (Å²) in [4.78, 5) is 11.6. The third kappa shape index (κ3) is 2.64. The molecule has 1 aliphatic carbocycles. The van der Waals surface area contributed by atoms with E-state index < -0.39 is 5.91 Å². The number of methoxy groups -OCH3 is 1. The number of aryl methyl sites for hydroxylation is 1. The molecule has 0 radical (unpaired) electrons. The molecule has 2 rings (SSSR count). The summed E-state index contributed by atoms with van der Waals surface area (Å²) in [6.45, 7) is 1.18. The van der Waals surface area contributed by atoms with E-state index in [1.165, 1.54) is 5.56 Å². The van der Waals surface area contributed by atoms with Gasteiger partial charge in [-0.05, 0) is 36.5 Å². The molecule has 0 aliphatic heterocycles. The van der Waals surface area contributed by atoms with Gasteiger partial charge in [0.25, 0.3) is 5.91 Å². The van der Waals surface area contributed by atoms with Crippen molar-refractivity contribution in [1.82, 2.24) is 0 Å². The number of ether oxygens (including phenoxy) is 2. The molecule has 2 N–H and O–H groups in total. The van der Waals surface area contributed by atoms with Gasteiger partial charge in [-0.1, -0.05) is 6.07 Å². The highest BCUT2D eigenvalue weighted by Gasteiger charge is 2.21. The van der Waals surface area contributed by atoms with Crippen molar-refractivity contribution in [3.05, 3.63) is 28.8 Å². The quantitative estimate of drug-likeness (QED) is 0.780. The van der Waals surface area contributed by atoms with E-state index >= 15 is 0 Å². The first-order valence-electron chi connectivity index (χ1n) is 6.30. The third-order valence-electron chi connectivity index (χ3n) is 3.24. The van der Waals surface area contributed by atoms with Crippen LogP contribution in [0.5, 0.6) is 5.75 Å². The van der Waals surface area contributed by atoms with Crippen molar-refractivity contribution in [2.24, 2.45) is 5.73 Å². The van der Waals surface area contributed by atoms with Gasteiger partial charge in [-0.25, -0.2) is 0 Å². The Labute approximate surface area is 107 Å². The highest BCUT2D eigenvalue weighted by Crippen LogP contribution is 2.31. The van der Waals surface area contributed by atoms with Crippen molar-refractivity contribution >= 4 is 5.91 Å². The summed E-state index contributed by atoms with van der Waals surface area (Å²) in [6, 6.07) is 3.90. The predicted octanol–water partition coefficient (Wildman–Crippen LogP) is 1.69. The monoisotopic (exact) mass is 249 g/mol. The summed E-state index contributed by atoms with van der Waals surface area (Å²) in [5, 5.41) is 0. The van der Waals surface area contributed by atoms with Crippen LogP contribution in [0.1, 0.15) is 34.3 Å². The number of hydrogen-bond donors (Lipinski definition) is 1. The Hall–Kier alpha value is -1.55. The average molecular weight is 249 g/mol. The zero-order valence-electron chi connectivity index (χ0n) is 10.7. The van der Waals surface area contributed by atoms with E-state index in [0.29, 0.717) is 24.5 Å². The second kappa shape index (κ2) is 5.87. The topological polar surface area (TPSA) is 61.6 Å². The van der Waals surface area contributed by atoms with Crippen LogP contribution in [0.4, 0.5) is 0 Å². The smallest absolute Gasteiger partial charge is 0.252 e. The van der Waals surface area contributed by atoms with Gasteiger partial charge in [0, 0.05) is 20.1 Å². The van der Waals surface area contributed by atoms with Gasteiger partial charge in [-0.2, -0.15) is 0 Å². The minimum atomic E-state index is -0.393. The van der Waals surface area contributed by atoms with Crippen LogP contribution in [0.25, 0.3) is 0 Å². The van der Waals surface area contributed by atoms with Gasteiger partial charge in [-0.15, -0.1) is 0 Å². The Bertz CT molecular complexity index is 443. The number of carbonyl (C=O) groups is 1. The zero-order valence-corrected chi connectivity index (χ0v) is 10.7. The molecule has 0 saturated carbocycles. The first kappa shape index (κ1) is 12.9. The first-order valence-corrected chi connectivity index (χ1v) is 6.30. The summed E-state index contributed by atoms with van der Waals surface area (Å²) >= 11 is 0. The van der Waals surface area contributed by atoms with Crippen molar-refractivity contribution in [1.29, 1.82) is 0 Å². The molecule has 0 atom stereocenters. The van der Waals surface area contributed by atoms with Crippen molar-refractivity contribution in [2.75, 3.05) is 20.3 Å². The maximum atomic E-state index is 11.6. The number of primary amides is 1. The third-order valence-corrected chi connectivity index (χ3v) is 3.24. The van der Waals surface area contributed by atoms with Crippen LogP contribution in [-0.4, -0.2) is 26.2 Å². The normalized spacial score (nSPS) is 13.4. The molecule has 0 spiro atoms. The summed E-state index contributed by atoms with van der Waals surface area (Å²) < 4.78 is 10.6.